The molecule has 0 aliphatic carbocycles. The molecule has 0 radical (unpaired) electrons. The number of rotatable bonds is 7. The third kappa shape index (κ3) is 4.63. The number of benzene rings is 2. The molecule has 0 saturated carbocycles. The summed E-state index contributed by atoms with van der Waals surface area (Å²) in [5, 5.41) is 0. The van der Waals surface area contributed by atoms with Crippen LogP contribution in [-0.2, 0) is 11.2 Å². The summed E-state index contributed by atoms with van der Waals surface area (Å²) in [5.41, 5.74) is 2.06. The van der Waals surface area contributed by atoms with Crippen molar-refractivity contribution in [3.8, 4) is 11.5 Å². The van der Waals surface area contributed by atoms with Crippen LogP contribution in [0.25, 0.3) is 0 Å². The lowest BCUT2D eigenvalue weighted by Crippen LogP contribution is -2.09. The zero-order chi connectivity index (χ0) is 15.1. The highest BCUT2D eigenvalue weighted by atomic mass is 16.5. The molecule has 2 rings (SSSR count). The fourth-order valence-electron chi connectivity index (χ4n) is 2.14. The smallest absolute Gasteiger partial charge is 0.140 e. The number of hydrogen-bond acceptors (Lipinski definition) is 3. The number of para-hydroxylation sites is 1. The molecule has 3 heteroatoms. The van der Waals surface area contributed by atoms with Crippen LogP contribution >= 0.6 is 0 Å². The summed E-state index contributed by atoms with van der Waals surface area (Å²) >= 11 is 0. The maximum Gasteiger partial charge on any atom is 0.140 e. The Bertz CT molecular complexity index is 605. The lowest BCUT2D eigenvalue weighted by atomic mass is 10.1. The van der Waals surface area contributed by atoms with E-state index in [9.17, 15) is 4.79 Å². The number of ether oxygens (including phenoxy) is 2. The van der Waals surface area contributed by atoms with Gasteiger partial charge in [0.05, 0.1) is 13.7 Å². The van der Waals surface area contributed by atoms with Gasteiger partial charge in [-0.15, -0.1) is 0 Å². The Morgan fingerprint density at radius 1 is 1.10 bits per heavy atom. The summed E-state index contributed by atoms with van der Waals surface area (Å²) in [6.07, 6.45) is 0.771. The molecule has 0 aliphatic rings. The molecule has 21 heavy (non-hydrogen) atoms. The van der Waals surface area contributed by atoms with E-state index in [-0.39, 0.29) is 5.78 Å². The van der Waals surface area contributed by atoms with Gasteiger partial charge in [0.25, 0.3) is 0 Å². The number of methoxy groups -OCH3 is 1. The second kappa shape index (κ2) is 7.48. The molecule has 0 unspecified atom stereocenters. The Balaban J connectivity index is 1.82. The zero-order valence-electron chi connectivity index (χ0n) is 12.5. The van der Waals surface area contributed by atoms with Gasteiger partial charge in [-0.1, -0.05) is 30.3 Å². The van der Waals surface area contributed by atoms with E-state index in [4.69, 9.17) is 9.47 Å². The van der Waals surface area contributed by atoms with Crippen molar-refractivity contribution in [1.29, 1.82) is 0 Å². The van der Waals surface area contributed by atoms with Crippen LogP contribution in [0.1, 0.15) is 17.5 Å². The molecule has 0 aliphatic heterocycles. The molecule has 0 amide bonds. The Labute approximate surface area is 125 Å². The predicted octanol–water partition coefficient (Wildman–Crippen LogP) is 3.58. The average Bonchev–Trinajstić information content (AvgIpc) is 2.48. The van der Waals surface area contributed by atoms with E-state index >= 15 is 0 Å². The van der Waals surface area contributed by atoms with Gasteiger partial charge in [0.15, 0.2) is 0 Å². The average molecular weight is 284 g/mol. The largest absolute Gasteiger partial charge is 0.496 e. The van der Waals surface area contributed by atoms with E-state index in [1.165, 1.54) is 0 Å². The summed E-state index contributed by atoms with van der Waals surface area (Å²) in [7, 11) is 1.62. The van der Waals surface area contributed by atoms with Gasteiger partial charge in [-0.3, -0.25) is 4.79 Å². The molecule has 110 valence electrons. The standard InChI is InChI=1S/C18H20O3/c1-14-6-5-8-17(12-14)21-11-10-16(19)13-15-7-3-4-9-18(15)20-2/h3-9,12H,10-11,13H2,1-2H3. The summed E-state index contributed by atoms with van der Waals surface area (Å²) in [6, 6.07) is 15.4. The van der Waals surface area contributed by atoms with Gasteiger partial charge in [-0.2, -0.15) is 0 Å². The van der Waals surface area contributed by atoms with Crippen molar-refractivity contribution in [1.82, 2.24) is 0 Å². The van der Waals surface area contributed by atoms with E-state index in [1.54, 1.807) is 7.11 Å². The Hall–Kier alpha value is -2.29. The summed E-state index contributed by atoms with van der Waals surface area (Å²) < 4.78 is 10.8. The first-order chi connectivity index (χ1) is 10.2. The third-order valence-corrected chi connectivity index (χ3v) is 3.22. The molecule has 2 aromatic carbocycles. The SMILES string of the molecule is COc1ccccc1CC(=O)CCOc1cccc(C)c1. The maximum absolute atomic E-state index is 12.0. The molecular weight excluding hydrogens is 264 g/mol. The molecule has 0 bridgehead atoms. The highest BCUT2D eigenvalue weighted by molar-refractivity contribution is 5.81. The minimum Gasteiger partial charge on any atom is -0.496 e. The molecule has 0 fully saturated rings. The predicted molar refractivity (Wildman–Crippen MR) is 83.0 cm³/mol. The van der Waals surface area contributed by atoms with Crippen LogP contribution in [0, 0.1) is 6.92 Å². The number of ketones is 1. The molecule has 2 aromatic rings. The summed E-state index contributed by atoms with van der Waals surface area (Å²) in [5.74, 6) is 1.71. The van der Waals surface area contributed by atoms with E-state index in [0.29, 0.717) is 19.4 Å². The molecule has 0 N–H and O–H groups in total. The summed E-state index contributed by atoms with van der Waals surface area (Å²) in [6.45, 7) is 2.41. The first kappa shape index (κ1) is 15.1. The van der Waals surface area contributed by atoms with Crippen LogP contribution in [0.3, 0.4) is 0 Å². The zero-order valence-corrected chi connectivity index (χ0v) is 12.5. The Morgan fingerprint density at radius 3 is 2.67 bits per heavy atom. The second-order valence-electron chi connectivity index (χ2n) is 4.94. The lowest BCUT2D eigenvalue weighted by Gasteiger charge is -2.08. The number of Topliss-reactive ketones (excluding diaryl/α,β-unsaturated/α-hetero) is 1. The van der Waals surface area contributed by atoms with Gasteiger partial charge in [0.1, 0.15) is 17.3 Å². The quantitative estimate of drug-likeness (QED) is 0.779. The van der Waals surface area contributed by atoms with Crippen LogP contribution < -0.4 is 9.47 Å². The highest BCUT2D eigenvalue weighted by Gasteiger charge is 2.08. The highest BCUT2D eigenvalue weighted by Crippen LogP contribution is 2.18. The molecule has 0 atom stereocenters. The minimum absolute atomic E-state index is 0.146. The fraction of sp³-hybridized carbons (Fsp3) is 0.278. The van der Waals surface area contributed by atoms with Gasteiger partial charge in [0.2, 0.25) is 0 Å². The number of hydrogen-bond donors (Lipinski definition) is 0. The van der Waals surface area contributed by atoms with Crippen LogP contribution in [0.15, 0.2) is 48.5 Å². The van der Waals surface area contributed by atoms with Crippen molar-refractivity contribution in [2.75, 3.05) is 13.7 Å². The van der Waals surface area contributed by atoms with E-state index in [2.05, 4.69) is 0 Å². The van der Waals surface area contributed by atoms with E-state index < -0.39 is 0 Å². The fourth-order valence-corrected chi connectivity index (χ4v) is 2.14. The molecule has 0 aromatic heterocycles. The van der Waals surface area contributed by atoms with Gasteiger partial charge >= 0.3 is 0 Å². The monoisotopic (exact) mass is 284 g/mol. The second-order valence-corrected chi connectivity index (χ2v) is 4.94. The Kier molecular flexibility index (Phi) is 5.38. The molecule has 3 nitrogen and oxygen atoms in total. The van der Waals surface area contributed by atoms with Crippen molar-refractivity contribution in [3.63, 3.8) is 0 Å². The Morgan fingerprint density at radius 2 is 1.90 bits per heavy atom. The van der Waals surface area contributed by atoms with E-state index in [0.717, 1.165) is 22.6 Å². The van der Waals surface area contributed by atoms with Crippen LogP contribution in [-0.4, -0.2) is 19.5 Å². The first-order valence-corrected chi connectivity index (χ1v) is 7.02. The maximum atomic E-state index is 12.0. The van der Waals surface area contributed by atoms with Crippen LogP contribution in [0.2, 0.25) is 0 Å². The van der Waals surface area contributed by atoms with Crippen molar-refractivity contribution < 1.29 is 14.3 Å². The number of carbonyl (C=O) groups excluding carboxylic acids is 1. The van der Waals surface area contributed by atoms with Crippen LogP contribution in [0.4, 0.5) is 0 Å². The van der Waals surface area contributed by atoms with Gasteiger partial charge < -0.3 is 9.47 Å². The van der Waals surface area contributed by atoms with Crippen molar-refractivity contribution in [2.24, 2.45) is 0 Å². The summed E-state index contributed by atoms with van der Waals surface area (Å²) in [4.78, 5) is 12.0. The molecular formula is C18H20O3. The van der Waals surface area contributed by atoms with Crippen LogP contribution in [0.5, 0.6) is 11.5 Å². The van der Waals surface area contributed by atoms with Gasteiger partial charge in [-0.25, -0.2) is 0 Å². The third-order valence-electron chi connectivity index (χ3n) is 3.22. The van der Waals surface area contributed by atoms with Crippen molar-refractivity contribution in [2.45, 2.75) is 19.8 Å². The molecule has 0 heterocycles. The van der Waals surface area contributed by atoms with Crippen molar-refractivity contribution in [3.05, 3.63) is 59.7 Å². The first-order valence-electron chi connectivity index (χ1n) is 7.02. The van der Waals surface area contributed by atoms with Gasteiger partial charge in [0, 0.05) is 18.4 Å². The lowest BCUT2D eigenvalue weighted by molar-refractivity contribution is -0.118. The molecule has 0 spiro atoms. The minimum atomic E-state index is 0.146. The van der Waals surface area contributed by atoms with Gasteiger partial charge in [-0.05, 0) is 30.7 Å². The number of aryl methyl sites for hydroxylation is 1. The normalized spacial score (nSPS) is 10.2. The van der Waals surface area contributed by atoms with Crippen molar-refractivity contribution >= 4 is 5.78 Å². The number of carbonyl (C=O) groups is 1. The van der Waals surface area contributed by atoms with E-state index in [1.807, 2.05) is 55.5 Å². The topological polar surface area (TPSA) is 35.5 Å². The molecule has 0 saturated heterocycles.